The van der Waals surface area contributed by atoms with E-state index in [1.54, 1.807) is 0 Å². The molecule has 1 amide bonds. The van der Waals surface area contributed by atoms with Gasteiger partial charge in [-0.15, -0.1) is 12.4 Å². The number of rotatable bonds is 5. The van der Waals surface area contributed by atoms with Gasteiger partial charge in [-0.3, -0.25) is 4.79 Å². The van der Waals surface area contributed by atoms with Gasteiger partial charge in [0.1, 0.15) is 6.61 Å². The minimum absolute atomic E-state index is 0. The largest absolute Gasteiger partial charge is 0.486 e. The van der Waals surface area contributed by atoms with Crippen LogP contribution in [0.1, 0.15) is 39.0 Å². The van der Waals surface area contributed by atoms with Crippen LogP contribution in [0.4, 0.5) is 0 Å². The third-order valence-electron chi connectivity index (χ3n) is 4.86. The van der Waals surface area contributed by atoms with Crippen LogP contribution in [-0.2, 0) is 4.79 Å². The van der Waals surface area contributed by atoms with Crippen molar-refractivity contribution in [3.05, 3.63) is 24.3 Å². The maximum Gasteiger partial charge on any atom is 0.225 e. The van der Waals surface area contributed by atoms with Gasteiger partial charge in [0.15, 0.2) is 17.6 Å². The van der Waals surface area contributed by atoms with Crippen LogP contribution >= 0.6 is 12.4 Å². The van der Waals surface area contributed by atoms with Crippen molar-refractivity contribution in [1.29, 1.82) is 0 Å². The van der Waals surface area contributed by atoms with E-state index >= 15 is 0 Å². The van der Waals surface area contributed by atoms with Crippen LogP contribution in [0.25, 0.3) is 0 Å². The van der Waals surface area contributed by atoms with Crippen molar-refractivity contribution in [1.82, 2.24) is 4.90 Å². The number of nitrogens with two attached hydrogens (primary N) is 1. The lowest BCUT2D eigenvalue weighted by Gasteiger charge is -2.34. The number of ether oxygens (including phenoxy) is 2. The summed E-state index contributed by atoms with van der Waals surface area (Å²) < 4.78 is 11.8. The van der Waals surface area contributed by atoms with Gasteiger partial charge in [0.05, 0.1) is 6.54 Å². The molecule has 0 spiro atoms. The SMILES string of the molecule is CCCN(CC1COc2ccccc2O1)C(=O)C1CCCC(N)C1.Cl. The lowest BCUT2D eigenvalue weighted by Crippen LogP contribution is -2.47. The van der Waals surface area contributed by atoms with E-state index in [0.717, 1.165) is 50.1 Å². The van der Waals surface area contributed by atoms with Gasteiger partial charge in [-0.1, -0.05) is 25.5 Å². The predicted molar refractivity (Wildman–Crippen MR) is 100 cm³/mol. The van der Waals surface area contributed by atoms with Gasteiger partial charge >= 0.3 is 0 Å². The molecule has 0 aromatic heterocycles. The average Bonchev–Trinajstić information content (AvgIpc) is 2.60. The van der Waals surface area contributed by atoms with Crippen molar-refractivity contribution in [3.63, 3.8) is 0 Å². The van der Waals surface area contributed by atoms with Gasteiger partial charge in [-0.2, -0.15) is 0 Å². The second-order valence-electron chi connectivity index (χ2n) is 6.91. The van der Waals surface area contributed by atoms with E-state index in [4.69, 9.17) is 15.2 Å². The highest BCUT2D eigenvalue weighted by atomic mass is 35.5. The van der Waals surface area contributed by atoms with E-state index in [0.29, 0.717) is 13.2 Å². The molecule has 0 bridgehead atoms. The third kappa shape index (κ3) is 5.02. The van der Waals surface area contributed by atoms with E-state index in [9.17, 15) is 4.79 Å². The van der Waals surface area contributed by atoms with Crippen molar-refractivity contribution < 1.29 is 14.3 Å². The van der Waals surface area contributed by atoms with Gasteiger partial charge in [0.2, 0.25) is 5.91 Å². The minimum atomic E-state index is -0.118. The van der Waals surface area contributed by atoms with Crippen LogP contribution in [0.3, 0.4) is 0 Å². The Balaban J connectivity index is 0.00000225. The summed E-state index contributed by atoms with van der Waals surface area (Å²) in [5.74, 6) is 1.84. The number of hydrogen-bond acceptors (Lipinski definition) is 4. The van der Waals surface area contributed by atoms with Crippen molar-refractivity contribution in [2.24, 2.45) is 11.7 Å². The van der Waals surface area contributed by atoms with E-state index in [1.807, 2.05) is 29.2 Å². The number of para-hydroxylation sites is 2. The van der Waals surface area contributed by atoms with Crippen molar-refractivity contribution in [2.45, 2.75) is 51.2 Å². The molecule has 3 rings (SSSR count). The Morgan fingerprint density at radius 2 is 2.04 bits per heavy atom. The van der Waals surface area contributed by atoms with Crippen molar-refractivity contribution >= 4 is 18.3 Å². The zero-order valence-corrected chi connectivity index (χ0v) is 15.7. The second-order valence-corrected chi connectivity index (χ2v) is 6.91. The van der Waals surface area contributed by atoms with Gasteiger partial charge in [0, 0.05) is 18.5 Å². The van der Waals surface area contributed by atoms with Gasteiger partial charge in [-0.05, 0) is 37.8 Å². The highest BCUT2D eigenvalue weighted by Crippen LogP contribution is 2.31. The summed E-state index contributed by atoms with van der Waals surface area (Å²) in [6, 6.07) is 7.85. The smallest absolute Gasteiger partial charge is 0.225 e. The first-order valence-corrected chi connectivity index (χ1v) is 9.10. The summed E-state index contributed by atoms with van der Waals surface area (Å²) in [6.07, 6.45) is 4.67. The van der Waals surface area contributed by atoms with E-state index < -0.39 is 0 Å². The number of fused-ring (bicyclic) bond motifs is 1. The predicted octanol–water partition coefficient (Wildman–Crippen LogP) is 3.00. The number of nitrogens with zero attached hydrogens (tertiary/aromatic N) is 1. The molecule has 1 aromatic rings. The topological polar surface area (TPSA) is 64.8 Å². The normalized spacial score (nSPS) is 25.0. The molecular weight excluding hydrogens is 340 g/mol. The number of benzene rings is 1. The first-order chi connectivity index (χ1) is 11.7. The molecule has 0 saturated heterocycles. The molecule has 1 aliphatic heterocycles. The van der Waals surface area contributed by atoms with Gasteiger partial charge < -0.3 is 20.1 Å². The molecule has 0 radical (unpaired) electrons. The molecule has 6 heteroatoms. The van der Waals surface area contributed by atoms with Crippen molar-refractivity contribution in [2.75, 3.05) is 19.7 Å². The standard InChI is InChI=1S/C19H28N2O3.ClH/c1-2-10-21(19(22)14-6-5-7-15(20)11-14)12-16-13-23-17-8-3-4-9-18(17)24-16;/h3-4,8-9,14-16H,2,5-7,10-13,20H2,1H3;1H. The summed E-state index contributed by atoms with van der Waals surface area (Å²) in [5.41, 5.74) is 6.06. The molecule has 2 N–H and O–H groups in total. The molecule has 3 atom stereocenters. The van der Waals surface area contributed by atoms with Crippen LogP contribution < -0.4 is 15.2 Å². The molecule has 3 unspecified atom stereocenters. The zero-order valence-electron chi connectivity index (χ0n) is 14.9. The molecule has 1 aliphatic carbocycles. The summed E-state index contributed by atoms with van der Waals surface area (Å²) in [7, 11) is 0. The van der Waals surface area contributed by atoms with Crippen LogP contribution in [0.15, 0.2) is 24.3 Å². The maximum absolute atomic E-state index is 12.9. The molecular formula is C19H29ClN2O3. The lowest BCUT2D eigenvalue weighted by molar-refractivity contribution is -0.138. The minimum Gasteiger partial charge on any atom is -0.486 e. The van der Waals surface area contributed by atoms with Gasteiger partial charge in [-0.25, -0.2) is 0 Å². The Labute approximate surface area is 156 Å². The highest BCUT2D eigenvalue weighted by Gasteiger charge is 2.31. The van der Waals surface area contributed by atoms with Gasteiger partial charge in [0.25, 0.3) is 0 Å². The highest BCUT2D eigenvalue weighted by molar-refractivity contribution is 5.85. The number of hydrogen-bond donors (Lipinski definition) is 1. The maximum atomic E-state index is 12.9. The Morgan fingerprint density at radius 1 is 1.28 bits per heavy atom. The second kappa shape index (κ2) is 9.30. The molecule has 5 nitrogen and oxygen atoms in total. The number of carbonyl (C=O) groups is 1. The molecule has 1 fully saturated rings. The fourth-order valence-electron chi connectivity index (χ4n) is 3.67. The van der Waals surface area contributed by atoms with Crippen LogP contribution in [0.5, 0.6) is 11.5 Å². The van der Waals surface area contributed by atoms with E-state index in [-0.39, 0.29) is 36.4 Å². The third-order valence-corrected chi connectivity index (χ3v) is 4.86. The monoisotopic (exact) mass is 368 g/mol. The number of halogens is 1. The Hall–Kier alpha value is -1.46. The summed E-state index contributed by atoms with van der Waals surface area (Å²) in [5, 5.41) is 0. The summed E-state index contributed by atoms with van der Waals surface area (Å²) in [4.78, 5) is 14.9. The van der Waals surface area contributed by atoms with Crippen LogP contribution in [-0.4, -0.2) is 42.6 Å². The molecule has 1 heterocycles. The van der Waals surface area contributed by atoms with E-state index in [2.05, 4.69) is 6.92 Å². The first-order valence-electron chi connectivity index (χ1n) is 9.10. The van der Waals surface area contributed by atoms with Crippen LogP contribution in [0.2, 0.25) is 0 Å². The Bertz CT molecular complexity index is 569. The fourth-order valence-corrected chi connectivity index (χ4v) is 3.67. The van der Waals surface area contributed by atoms with Crippen LogP contribution in [0, 0.1) is 5.92 Å². The number of carbonyl (C=O) groups excluding carboxylic acids is 1. The fraction of sp³-hybridized carbons (Fsp3) is 0.632. The summed E-state index contributed by atoms with van der Waals surface area (Å²) in [6.45, 7) is 3.91. The Morgan fingerprint density at radius 3 is 2.76 bits per heavy atom. The molecule has 25 heavy (non-hydrogen) atoms. The Kier molecular flexibility index (Phi) is 7.38. The zero-order chi connectivity index (χ0) is 16.9. The average molecular weight is 369 g/mol. The van der Waals surface area contributed by atoms with E-state index in [1.165, 1.54) is 0 Å². The molecule has 140 valence electrons. The number of amides is 1. The lowest BCUT2D eigenvalue weighted by atomic mass is 9.85. The molecule has 1 aromatic carbocycles. The first kappa shape index (κ1) is 19.9. The molecule has 1 saturated carbocycles. The summed E-state index contributed by atoms with van der Waals surface area (Å²) >= 11 is 0. The molecule has 2 aliphatic rings. The van der Waals surface area contributed by atoms with Crippen molar-refractivity contribution in [3.8, 4) is 11.5 Å². The quantitative estimate of drug-likeness (QED) is 0.867.